The third kappa shape index (κ3) is 3.97. The Kier molecular flexibility index (Phi) is 5.44. The van der Waals surface area contributed by atoms with Gasteiger partial charge < -0.3 is 14.2 Å². The molecular formula is C15H18N4O6S. The molecule has 11 heteroatoms. The molecule has 0 radical (unpaired) electrons. The highest BCUT2D eigenvalue weighted by atomic mass is 32.2. The highest BCUT2D eigenvalue weighted by Gasteiger charge is 2.53. The summed E-state index contributed by atoms with van der Waals surface area (Å²) >= 11 is 0. The second-order valence-electron chi connectivity index (χ2n) is 5.83. The molecule has 26 heavy (non-hydrogen) atoms. The maximum atomic E-state index is 11.7. The molecule has 1 saturated heterocycles. The van der Waals surface area contributed by atoms with Crippen molar-refractivity contribution < 1.29 is 26.8 Å². The van der Waals surface area contributed by atoms with Crippen molar-refractivity contribution >= 4 is 16.0 Å². The van der Waals surface area contributed by atoms with Crippen molar-refractivity contribution in [3.05, 3.63) is 46.3 Å². The molecule has 1 aromatic rings. The van der Waals surface area contributed by atoms with Crippen LogP contribution in [0.5, 0.6) is 0 Å². The van der Waals surface area contributed by atoms with Crippen LogP contribution in [-0.4, -0.2) is 64.9 Å². The molecule has 2 aliphatic heterocycles. The predicted octanol–water partition coefficient (Wildman–Crippen LogP) is 1.23. The van der Waals surface area contributed by atoms with Gasteiger partial charge >= 0.3 is 0 Å². The zero-order valence-corrected chi connectivity index (χ0v) is 14.9. The van der Waals surface area contributed by atoms with E-state index in [1.54, 1.807) is 0 Å². The molecule has 3 rings (SSSR count). The maximum absolute atomic E-state index is 11.7. The van der Waals surface area contributed by atoms with Gasteiger partial charge in [-0.2, -0.15) is 8.42 Å². The Morgan fingerprint density at radius 3 is 2.69 bits per heavy atom. The van der Waals surface area contributed by atoms with Crippen LogP contribution in [0.15, 0.2) is 40.4 Å². The third-order valence-electron chi connectivity index (χ3n) is 3.99. The lowest BCUT2D eigenvalue weighted by Crippen LogP contribution is -2.58. The van der Waals surface area contributed by atoms with Crippen molar-refractivity contribution in [3.63, 3.8) is 0 Å². The highest BCUT2D eigenvalue weighted by molar-refractivity contribution is 7.86. The number of benzene rings is 1. The third-order valence-corrected chi connectivity index (χ3v) is 4.56. The van der Waals surface area contributed by atoms with Crippen LogP contribution >= 0.6 is 0 Å². The second kappa shape index (κ2) is 7.60. The minimum Gasteiger partial charge on any atom is -0.469 e. The zero-order valence-electron chi connectivity index (χ0n) is 14.1. The first-order valence-corrected chi connectivity index (χ1v) is 9.62. The van der Waals surface area contributed by atoms with E-state index in [0.29, 0.717) is 5.90 Å². The molecule has 0 aromatic heterocycles. The number of rotatable bonds is 6. The Labute approximate surface area is 150 Å². The number of methoxy groups -OCH3 is 1. The van der Waals surface area contributed by atoms with E-state index in [9.17, 15) is 8.42 Å². The highest BCUT2D eigenvalue weighted by Crippen LogP contribution is 2.34. The molecule has 1 fully saturated rings. The largest absolute Gasteiger partial charge is 0.469 e. The zero-order chi connectivity index (χ0) is 18.7. The summed E-state index contributed by atoms with van der Waals surface area (Å²) in [5.74, 6) is 0.345. The summed E-state index contributed by atoms with van der Waals surface area (Å²) in [6.45, 7) is -0.135. The van der Waals surface area contributed by atoms with E-state index in [0.717, 1.165) is 11.8 Å². The van der Waals surface area contributed by atoms with E-state index in [1.807, 2.05) is 30.3 Å². The van der Waals surface area contributed by atoms with Gasteiger partial charge in [0.15, 0.2) is 12.4 Å². The van der Waals surface area contributed by atoms with Gasteiger partial charge in [0.25, 0.3) is 10.1 Å². The molecule has 140 valence electrons. The van der Waals surface area contributed by atoms with Gasteiger partial charge in [0.1, 0.15) is 12.1 Å². The fourth-order valence-corrected chi connectivity index (χ4v) is 3.59. The molecular weight excluding hydrogens is 364 g/mol. The molecule has 0 saturated carbocycles. The van der Waals surface area contributed by atoms with Gasteiger partial charge in [-0.3, -0.25) is 4.18 Å². The quantitative estimate of drug-likeness (QED) is 0.314. The van der Waals surface area contributed by atoms with Crippen LogP contribution in [0.2, 0.25) is 0 Å². The fourth-order valence-electron chi connectivity index (χ4n) is 2.96. The normalized spacial score (nSPS) is 30.7. The minimum atomic E-state index is -3.81. The Morgan fingerprint density at radius 2 is 2.08 bits per heavy atom. The van der Waals surface area contributed by atoms with Gasteiger partial charge in [-0.05, 0) is 17.7 Å². The Hall–Kier alpha value is -2.17. The standard InChI is InChI=1S/C15H18N4O6S/c1-22-15-11-13(24-14(18-11)9-6-4-3-5-7-9)12(25-26(2,20)21)10(23-15)8-17-19-16/h3-7,10-13,15H,8H2,1-2H3/t10-,11-,12-,13+,15-/m0/s1. The molecule has 2 heterocycles. The van der Waals surface area contributed by atoms with Crippen LogP contribution < -0.4 is 0 Å². The summed E-state index contributed by atoms with van der Waals surface area (Å²) in [6, 6.07) is 8.55. The van der Waals surface area contributed by atoms with Gasteiger partial charge in [0.2, 0.25) is 5.90 Å². The first-order valence-electron chi connectivity index (χ1n) is 7.80. The van der Waals surface area contributed by atoms with E-state index < -0.39 is 40.8 Å². The smallest absolute Gasteiger partial charge is 0.264 e. The molecule has 2 aliphatic rings. The van der Waals surface area contributed by atoms with Crippen LogP contribution in [0.25, 0.3) is 10.4 Å². The lowest BCUT2D eigenvalue weighted by atomic mass is 9.97. The van der Waals surface area contributed by atoms with E-state index in [4.69, 9.17) is 23.9 Å². The molecule has 10 nitrogen and oxygen atoms in total. The van der Waals surface area contributed by atoms with E-state index in [-0.39, 0.29) is 6.54 Å². The molecule has 0 N–H and O–H groups in total. The molecule has 0 bridgehead atoms. The average molecular weight is 382 g/mol. The summed E-state index contributed by atoms with van der Waals surface area (Å²) in [4.78, 5) is 7.18. The Bertz CT molecular complexity index is 824. The van der Waals surface area contributed by atoms with Crippen molar-refractivity contribution in [2.45, 2.75) is 30.6 Å². The van der Waals surface area contributed by atoms with Crippen molar-refractivity contribution in [2.75, 3.05) is 19.9 Å². The van der Waals surface area contributed by atoms with E-state index in [1.165, 1.54) is 7.11 Å². The molecule has 5 atom stereocenters. The van der Waals surface area contributed by atoms with Crippen molar-refractivity contribution in [2.24, 2.45) is 10.1 Å². The van der Waals surface area contributed by atoms with Crippen LogP contribution in [0.4, 0.5) is 0 Å². The summed E-state index contributed by atoms with van der Waals surface area (Å²) in [7, 11) is -2.37. The first-order chi connectivity index (χ1) is 12.4. The van der Waals surface area contributed by atoms with Crippen LogP contribution in [0.3, 0.4) is 0 Å². The number of ether oxygens (including phenoxy) is 3. The monoisotopic (exact) mass is 382 g/mol. The Balaban J connectivity index is 1.93. The first kappa shape index (κ1) is 18.6. The van der Waals surface area contributed by atoms with Crippen molar-refractivity contribution in [1.82, 2.24) is 0 Å². The van der Waals surface area contributed by atoms with Crippen LogP contribution in [0.1, 0.15) is 5.56 Å². The maximum Gasteiger partial charge on any atom is 0.264 e. The number of hydrogen-bond acceptors (Lipinski definition) is 8. The van der Waals surface area contributed by atoms with Gasteiger partial charge in [0.05, 0.1) is 18.9 Å². The number of fused-ring (bicyclic) bond motifs is 1. The molecule has 0 aliphatic carbocycles. The number of azide groups is 1. The lowest BCUT2D eigenvalue weighted by Gasteiger charge is -2.40. The van der Waals surface area contributed by atoms with Crippen molar-refractivity contribution in [1.29, 1.82) is 0 Å². The molecule has 0 amide bonds. The second-order valence-corrected chi connectivity index (χ2v) is 7.43. The van der Waals surface area contributed by atoms with Crippen molar-refractivity contribution in [3.8, 4) is 0 Å². The molecule has 1 aromatic carbocycles. The summed E-state index contributed by atoms with van der Waals surface area (Å²) in [6.07, 6.45) is -2.52. The van der Waals surface area contributed by atoms with Gasteiger partial charge in [-0.25, -0.2) is 4.99 Å². The van der Waals surface area contributed by atoms with E-state index in [2.05, 4.69) is 15.0 Å². The summed E-state index contributed by atoms with van der Waals surface area (Å²) in [5, 5.41) is 3.47. The molecule has 0 unspecified atom stereocenters. The minimum absolute atomic E-state index is 0.135. The average Bonchev–Trinajstić information content (AvgIpc) is 3.06. The molecule has 0 spiro atoms. The van der Waals surface area contributed by atoms with Crippen LogP contribution in [0, 0.1) is 0 Å². The topological polar surface area (TPSA) is 132 Å². The Morgan fingerprint density at radius 1 is 1.35 bits per heavy atom. The fraction of sp³-hybridized carbons (Fsp3) is 0.533. The van der Waals surface area contributed by atoms with Crippen LogP contribution in [-0.2, 0) is 28.5 Å². The predicted molar refractivity (Wildman–Crippen MR) is 91.0 cm³/mol. The van der Waals surface area contributed by atoms with Gasteiger partial charge in [-0.15, -0.1) is 0 Å². The van der Waals surface area contributed by atoms with E-state index >= 15 is 0 Å². The SMILES string of the molecule is CO[C@H]1O[C@@H](CN=[N+]=[N-])[C@H](OS(C)(=O)=O)[C@@H]2OC(c3ccccc3)=N[C@H]12. The lowest BCUT2D eigenvalue weighted by molar-refractivity contribution is -0.234. The number of hydrogen-bond donors (Lipinski definition) is 0. The summed E-state index contributed by atoms with van der Waals surface area (Å²) in [5.41, 5.74) is 9.31. The number of nitrogens with zero attached hydrogens (tertiary/aromatic N) is 4. The number of aliphatic imine (C=N–C) groups is 1. The summed E-state index contributed by atoms with van der Waals surface area (Å²) < 4.78 is 45.6. The van der Waals surface area contributed by atoms with Gasteiger partial charge in [-0.1, -0.05) is 23.3 Å². The van der Waals surface area contributed by atoms with Gasteiger partial charge in [0, 0.05) is 17.6 Å².